The van der Waals surface area contributed by atoms with Crippen LogP contribution in [-0.2, 0) is 19.6 Å². The monoisotopic (exact) mass is 459 g/mol. The van der Waals surface area contributed by atoms with Gasteiger partial charge in [0.2, 0.25) is 15.8 Å². The molecule has 2 aromatic carbocycles. The molecule has 0 aliphatic rings. The number of nitrogens with one attached hydrogen (secondary N) is 1. The zero-order chi connectivity index (χ0) is 22.6. The summed E-state index contributed by atoms with van der Waals surface area (Å²) in [5, 5.41) is 12.9. The Morgan fingerprint density at radius 2 is 1.90 bits per heavy atom. The van der Waals surface area contributed by atoms with Crippen LogP contribution in [0.4, 0.5) is 15.8 Å². The third-order valence-electron chi connectivity index (χ3n) is 3.70. The molecule has 0 aliphatic heterocycles. The van der Waals surface area contributed by atoms with E-state index < -0.39 is 44.9 Å². The summed E-state index contributed by atoms with van der Waals surface area (Å²) in [7, 11) is -1.21. The Labute approximate surface area is 175 Å². The molecule has 13 heteroatoms. The van der Waals surface area contributed by atoms with Crippen molar-refractivity contribution < 1.29 is 32.1 Å². The van der Waals surface area contributed by atoms with E-state index in [0.29, 0.717) is 0 Å². The van der Waals surface area contributed by atoms with Gasteiger partial charge in [0.1, 0.15) is 0 Å². The minimum absolute atomic E-state index is 0.0822. The van der Waals surface area contributed by atoms with Crippen molar-refractivity contribution in [2.75, 3.05) is 26.0 Å². The van der Waals surface area contributed by atoms with E-state index in [0.717, 1.165) is 28.6 Å². The fraction of sp³-hybridized carbons (Fsp3) is 0.176. The van der Waals surface area contributed by atoms with Gasteiger partial charge >= 0.3 is 11.7 Å². The summed E-state index contributed by atoms with van der Waals surface area (Å²) in [6.07, 6.45) is 0. The number of anilines is 1. The summed E-state index contributed by atoms with van der Waals surface area (Å²) in [4.78, 5) is 33.7. The number of nitro groups is 1. The van der Waals surface area contributed by atoms with Crippen molar-refractivity contribution in [2.24, 2.45) is 0 Å². The van der Waals surface area contributed by atoms with Crippen LogP contribution in [0.25, 0.3) is 0 Å². The van der Waals surface area contributed by atoms with E-state index in [1.165, 1.54) is 26.2 Å². The van der Waals surface area contributed by atoms with Crippen molar-refractivity contribution in [1.29, 1.82) is 0 Å². The van der Waals surface area contributed by atoms with Crippen LogP contribution in [0.15, 0.2) is 41.3 Å². The van der Waals surface area contributed by atoms with Gasteiger partial charge < -0.3 is 10.1 Å². The van der Waals surface area contributed by atoms with E-state index in [9.17, 15) is 32.5 Å². The van der Waals surface area contributed by atoms with Gasteiger partial charge in [-0.15, -0.1) is 0 Å². The molecule has 0 bridgehead atoms. The largest absolute Gasteiger partial charge is 0.452 e. The second-order valence-corrected chi connectivity index (χ2v) is 8.54. The number of benzene rings is 2. The van der Waals surface area contributed by atoms with Gasteiger partial charge in [0.25, 0.3) is 5.91 Å². The van der Waals surface area contributed by atoms with E-state index in [4.69, 9.17) is 16.3 Å². The fourth-order valence-corrected chi connectivity index (χ4v) is 3.29. The Balaban J connectivity index is 2.10. The molecule has 0 saturated heterocycles. The van der Waals surface area contributed by atoms with Gasteiger partial charge in [-0.25, -0.2) is 17.5 Å². The van der Waals surface area contributed by atoms with Crippen molar-refractivity contribution in [1.82, 2.24) is 4.31 Å². The maximum absolute atomic E-state index is 13.3. The summed E-state index contributed by atoms with van der Waals surface area (Å²) in [6, 6.07) is 6.13. The van der Waals surface area contributed by atoms with E-state index in [1.807, 2.05) is 0 Å². The van der Waals surface area contributed by atoms with Gasteiger partial charge in [-0.1, -0.05) is 11.6 Å². The van der Waals surface area contributed by atoms with Crippen molar-refractivity contribution in [3.63, 3.8) is 0 Å². The highest BCUT2D eigenvalue weighted by Gasteiger charge is 2.22. The lowest BCUT2D eigenvalue weighted by Crippen LogP contribution is -2.23. The Morgan fingerprint density at radius 1 is 1.23 bits per heavy atom. The fourth-order valence-electron chi connectivity index (χ4n) is 2.17. The zero-order valence-electron chi connectivity index (χ0n) is 15.6. The normalized spacial score (nSPS) is 11.2. The first-order valence-corrected chi connectivity index (χ1v) is 9.88. The van der Waals surface area contributed by atoms with Crippen molar-refractivity contribution >= 4 is 44.9 Å². The lowest BCUT2D eigenvalue weighted by molar-refractivity contribution is -0.387. The predicted molar refractivity (Wildman–Crippen MR) is 104 cm³/mol. The van der Waals surface area contributed by atoms with Crippen LogP contribution in [0.1, 0.15) is 10.4 Å². The summed E-state index contributed by atoms with van der Waals surface area (Å²) < 4.78 is 43.4. The lowest BCUT2D eigenvalue weighted by Gasteiger charge is -2.13. The molecule has 0 atom stereocenters. The minimum atomic E-state index is -3.83. The minimum Gasteiger partial charge on any atom is -0.452 e. The Kier molecular flexibility index (Phi) is 7.08. The molecule has 2 rings (SSSR count). The highest BCUT2D eigenvalue weighted by molar-refractivity contribution is 7.89. The van der Waals surface area contributed by atoms with Crippen LogP contribution in [0.5, 0.6) is 0 Å². The molecule has 1 amide bonds. The molecule has 0 spiro atoms. The standard InChI is InChI=1S/C17H15ClFN3O7S/c1-21(2)30(27,28)11-4-5-13(18)12(8-11)17(24)29-9-16(23)20-10-3-6-14(19)15(7-10)22(25)26/h3-8H,9H2,1-2H3,(H,20,23). The van der Waals surface area contributed by atoms with Crippen LogP contribution < -0.4 is 5.32 Å². The maximum atomic E-state index is 13.3. The molecule has 1 N–H and O–H groups in total. The van der Waals surface area contributed by atoms with Crippen molar-refractivity contribution in [3.05, 3.63) is 62.9 Å². The number of rotatable bonds is 7. The first-order chi connectivity index (χ1) is 13.9. The molecule has 0 heterocycles. The molecular weight excluding hydrogens is 445 g/mol. The second kappa shape index (κ2) is 9.15. The van der Waals surface area contributed by atoms with E-state index in [2.05, 4.69) is 5.32 Å². The highest BCUT2D eigenvalue weighted by Crippen LogP contribution is 2.23. The first-order valence-electron chi connectivity index (χ1n) is 8.06. The van der Waals surface area contributed by atoms with Gasteiger partial charge in [0.05, 0.1) is 20.4 Å². The second-order valence-electron chi connectivity index (χ2n) is 5.98. The molecular formula is C17H15ClFN3O7S. The number of carbonyl (C=O) groups is 2. The Hall–Kier alpha value is -3.09. The van der Waals surface area contributed by atoms with Gasteiger partial charge in [0.15, 0.2) is 6.61 Å². The molecule has 0 saturated carbocycles. The van der Waals surface area contributed by atoms with Crippen LogP contribution >= 0.6 is 11.6 Å². The number of carbonyl (C=O) groups excluding carboxylic acids is 2. The number of ether oxygens (including phenoxy) is 1. The SMILES string of the molecule is CN(C)S(=O)(=O)c1ccc(Cl)c(C(=O)OCC(=O)Nc2ccc(F)c([N+](=O)[O-])c2)c1. The molecule has 30 heavy (non-hydrogen) atoms. The number of hydrogen-bond acceptors (Lipinski definition) is 7. The number of nitro benzene ring substituents is 1. The lowest BCUT2D eigenvalue weighted by atomic mass is 10.2. The summed E-state index contributed by atoms with van der Waals surface area (Å²) in [5.74, 6) is -3.00. The molecule has 0 radical (unpaired) electrons. The Bertz CT molecular complexity index is 1120. The van der Waals surface area contributed by atoms with Crippen LogP contribution in [0.3, 0.4) is 0 Å². The first kappa shape index (κ1) is 23.2. The molecule has 160 valence electrons. The molecule has 2 aromatic rings. The van der Waals surface area contributed by atoms with Gasteiger partial charge in [-0.2, -0.15) is 4.39 Å². The number of sulfonamides is 1. The van der Waals surface area contributed by atoms with E-state index >= 15 is 0 Å². The average Bonchev–Trinajstić information content (AvgIpc) is 2.67. The van der Waals surface area contributed by atoms with Crippen molar-refractivity contribution in [2.45, 2.75) is 4.90 Å². The average molecular weight is 460 g/mol. The number of nitrogens with zero attached hydrogens (tertiary/aromatic N) is 2. The summed E-state index contributed by atoms with van der Waals surface area (Å²) >= 11 is 5.92. The topological polar surface area (TPSA) is 136 Å². The van der Waals surface area contributed by atoms with Crippen LogP contribution in [-0.4, -0.2) is 50.2 Å². The molecule has 0 fully saturated rings. The number of halogens is 2. The van der Waals surface area contributed by atoms with E-state index in [-0.39, 0.29) is 21.2 Å². The number of hydrogen-bond donors (Lipinski definition) is 1. The zero-order valence-corrected chi connectivity index (χ0v) is 17.2. The molecule has 10 nitrogen and oxygen atoms in total. The smallest absolute Gasteiger partial charge is 0.340 e. The predicted octanol–water partition coefficient (Wildman–Crippen LogP) is 2.43. The summed E-state index contributed by atoms with van der Waals surface area (Å²) in [5.41, 5.74) is -1.19. The van der Waals surface area contributed by atoms with Crippen LogP contribution in [0, 0.1) is 15.9 Å². The van der Waals surface area contributed by atoms with Gasteiger partial charge in [-0.05, 0) is 30.3 Å². The molecule has 0 unspecified atom stereocenters. The third-order valence-corrected chi connectivity index (χ3v) is 5.84. The number of esters is 1. The highest BCUT2D eigenvalue weighted by atomic mass is 35.5. The molecule has 0 aliphatic carbocycles. The van der Waals surface area contributed by atoms with Gasteiger partial charge in [0, 0.05) is 25.8 Å². The number of amides is 1. The Morgan fingerprint density at radius 3 is 2.50 bits per heavy atom. The maximum Gasteiger partial charge on any atom is 0.340 e. The summed E-state index contributed by atoms with van der Waals surface area (Å²) in [6.45, 7) is -0.801. The van der Waals surface area contributed by atoms with Crippen molar-refractivity contribution in [3.8, 4) is 0 Å². The quantitative estimate of drug-likeness (QED) is 0.381. The molecule has 0 aromatic heterocycles. The van der Waals surface area contributed by atoms with Crippen LogP contribution in [0.2, 0.25) is 5.02 Å². The van der Waals surface area contributed by atoms with Gasteiger partial charge in [-0.3, -0.25) is 14.9 Å². The third kappa shape index (κ3) is 5.28. The van der Waals surface area contributed by atoms with E-state index in [1.54, 1.807) is 0 Å².